The molecule has 2 rings (SSSR count). The van der Waals surface area contributed by atoms with Crippen molar-refractivity contribution in [3.05, 3.63) is 61.8 Å². The second-order valence-corrected chi connectivity index (χ2v) is 6.21. The van der Waals surface area contributed by atoms with Gasteiger partial charge in [0, 0.05) is 10.5 Å². The molecule has 1 N–H and O–H groups in total. The lowest BCUT2D eigenvalue weighted by atomic mass is 10.1. The van der Waals surface area contributed by atoms with Crippen LogP contribution in [0, 0.1) is 12.7 Å². The molecule has 0 aliphatic rings. The van der Waals surface area contributed by atoms with Gasteiger partial charge in [-0.25, -0.2) is 4.39 Å². The fourth-order valence-corrected chi connectivity index (χ4v) is 2.66. The van der Waals surface area contributed by atoms with E-state index in [9.17, 15) is 4.39 Å². The maximum absolute atomic E-state index is 13.6. The van der Waals surface area contributed by atoms with Gasteiger partial charge in [-0.1, -0.05) is 35.3 Å². The van der Waals surface area contributed by atoms with E-state index in [1.54, 1.807) is 13.0 Å². The molecule has 0 amide bonds. The van der Waals surface area contributed by atoms with Crippen LogP contribution in [0.3, 0.4) is 0 Å². The van der Waals surface area contributed by atoms with Gasteiger partial charge in [-0.3, -0.25) is 0 Å². The highest BCUT2D eigenvalue weighted by atomic mass is 79.9. The van der Waals surface area contributed by atoms with Gasteiger partial charge in [-0.15, -0.1) is 0 Å². The first-order chi connectivity index (χ1) is 9.40. The molecule has 0 aliphatic heterocycles. The smallest absolute Gasteiger partial charge is 0.126 e. The van der Waals surface area contributed by atoms with E-state index in [0.717, 1.165) is 10.0 Å². The third-order valence-corrected chi connectivity index (χ3v) is 4.87. The van der Waals surface area contributed by atoms with E-state index in [4.69, 9.17) is 23.2 Å². The van der Waals surface area contributed by atoms with Crippen molar-refractivity contribution in [2.75, 3.05) is 5.32 Å². The van der Waals surface area contributed by atoms with Crippen molar-refractivity contribution in [3.63, 3.8) is 0 Å². The molecule has 0 bridgehead atoms. The van der Waals surface area contributed by atoms with Crippen LogP contribution in [0.15, 0.2) is 34.8 Å². The molecule has 106 valence electrons. The van der Waals surface area contributed by atoms with E-state index in [0.29, 0.717) is 21.3 Å². The first-order valence-corrected chi connectivity index (χ1v) is 7.61. The van der Waals surface area contributed by atoms with Gasteiger partial charge in [0.15, 0.2) is 0 Å². The molecule has 0 radical (unpaired) electrons. The molecule has 0 heterocycles. The normalized spacial score (nSPS) is 12.3. The minimum Gasteiger partial charge on any atom is -0.377 e. The largest absolute Gasteiger partial charge is 0.377 e. The van der Waals surface area contributed by atoms with Crippen LogP contribution in [0.25, 0.3) is 0 Å². The highest BCUT2D eigenvalue weighted by Crippen LogP contribution is 2.37. The topological polar surface area (TPSA) is 12.0 Å². The molecule has 0 aromatic heterocycles. The molecule has 0 saturated carbocycles. The van der Waals surface area contributed by atoms with Crippen molar-refractivity contribution in [2.24, 2.45) is 0 Å². The highest BCUT2D eigenvalue weighted by molar-refractivity contribution is 9.10. The van der Waals surface area contributed by atoms with Gasteiger partial charge in [-0.05, 0) is 59.1 Å². The van der Waals surface area contributed by atoms with Gasteiger partial charge in [0.1, 0.15) is 5.82 Å². The molecule has 1 unspecified atom stereocenters. The molecule has 0 aliphatic carbocycles. The SMILES string of the molecule is Cc1ccc(C(C)Nc2ccc(Br)c(Cl)c2Cl)cc1F. The second-order valence-electron chi connectivity index (χ2n) is 4.60. The van der Waals surface area contributed by atoms with Gasteiger partial charge in [-0.2, -0.15) is 0 Å². The van der Waals surface area contributed by atoms with E-state index in [-0.39, 0.29) is 11.9 Å². The Bertz CT molecular complexity index is 646. The number of benzene rings is 2. The van der Waals surface area contributed by atoms with Crippen LogP contribution in [0.5, 0.6) is 0 Å². The van der Waals surface area contributed by atoms with Crippen molar-refractivity contribution >= 4 is 44.8 Å². The van der Waals surface area contributed by atoms with Gasteiger partial charge in [0.25, 0.3) is 0 Å². The Morgan fingerprint density at radius 1 is 1.15 bits per heavy atom. The van der Waals surface area contributed by atoms with Crippen molar-refractivity contribution in [2.45, 2.75) is 19.9 Å². The summed E-state index contributed by atoms with van der Waals surface area (Å²) in [7, 11) is 0. The zero-order chi connectivity index (χ0) is 14.9. The van der Waals surface area contributed by atoms with Crippen molar-refractivity contribution < 1.29 is 4.39 Å². The summed E-state index contributed by atoms with van der Waals surface area (Å²) in [5.74, 6) is -0.212. The van der Waals surface area contributed by atoms with E-state index < -0.39 is 0 Å². The van der Waals surface area contributed by atoms with Crippen LogP contribution in [0.4, 0.5) is 10.1 Å². The maximum atomic E-state index is 13.6. The average molecular weight is 377 g/mol. The molecule has 1 atom stereocenters. The number of rotatable bonds is 3. The molecule has 2 aromatic rings. The fourth-order valence-electron chi connectivity index (χ4n) is 1.83. The van der Waals surface area contributed by atoms with E-state index in [1.807, 2.05) is 25.1 Å². The van der Waals surface area contributed by atoms with Crippen molar-refractivity contribution in [1.29, 1.82) is 0 Å². The monoisotopic (exact) mass is 375 g/mol. The lowest BCUT2D eigenvalue weighted by molar-refractivity contribution is 0.614. The quantitative estimate of drug-likeness (QED) is 0.613. The van der Waals surface area contributed by atoms with Crippen LogP contribution in [-0.4, -0.2) is 0 Å². The Morgan fingerprint density at radius 3 is 2.50 bits per heavy atom. The van der Waals surface area contributed by atoms with E-state index in [1.165, 1.54) is 6.07 Å². The summed E-state index contributed by atoms with van der Waals surface area (Å²) in [4.78, 5) is 0. The van der Waals surface area contributed by atoms with Gasteiger partial charge < -0.3 is 5.32 Å². The lowest BCUT2D eigenvalue weighted by Crippen LogP contribution is -2.07. The van der Waals surface area contributed by atoms with Crippen LogP contribution in [0.1, 0.15) is 24.1 Å². The summed E-state index contributed by atoms with van der Waals surface area (Å²) in [5.41, 5.74) is 2.20. The summed E-state index contributed by atoms with van der Waals surface area (Å²) in [6.45, 7) is 3.68. The number of hydrogen-bond acceptors (Lipinski definition) is 1. The van der Waals surface area contributed by atoms with E-state index in [2.05, 4.69) is 21.2 Å². The Balaban J connectivity index is 2.25. The van der Waals surface area contributed by atoms with Gasteiger partial charge in [0.05, 0.1) is 15.7 Å². The number of anilines is 1. The van der Waals surface area contributed by atoms with Crippen molar-refractivity contribution in [1.82, 2.24) is 0 Å². The predicted molar refractivity (Wildman–Crippen MR) is 87.3 cm³/mol. The Morgan fingerprint density at radius 2 is 1.85 bits per heavy atom. The maximum Gasteiger partial charge on any atom is 0.126 e. The number of hydrogen-bond donors (Lipinski definition) is 1. The van der Waals surface area contributed by atoms with Crippen molar-refractivity contribution in [3.8, 4) is 0 Å². The summed E-state index contributed by atoms with van der Waals surface area (Å²) >= 11 is 15.6. The van der Waals surface area contributed by atoms with Gasteiger partial charge >= 0.3 is 0 Å². The Kier molecular flexibility index (Phi) is 4.95. The summed E-state index contributed by atoms with van der Waals surface area (Å²) in [5, 5.41) is 4.14. The Hall–Kier alpha value is -0.770. The zero-order valence-corrected chi connectivity index (χ0v) is 14.1. The standard InChI is InChI=1S/C15H13BrCl2FN/c1-8-3-4-10(7-12(8)19)9(2)20-13-6-5-11(16)14(17)15(13)18/h3-7,9,20H,1-2H3. The minimum atomic E-state index is -0.212. The highest BCUT2D eigenvalue weighted by Gasteiger charge is 2.12. The number of nitrogens with one attached hydrogen (secondary N) is 1. The van der Waals surface area contributed by atoms with Crippen LogP contribution < -0.4 is 5.32 Å². The second kappa shape index (κ2) is 6.33. The van der Waals surface area contributed by atoms with Gasteiger partial charge in [0.2, 0.25) is 0 Å². The molecule has 20 heavy (non-hydrogen) atoms. The number of halogens is 4. The summed E-state index contributed by atoms with van der Waals surface area (Å²) in [6, 6.07) is 8.75. The summed E-state index contributed by atoms with van der Waals surface area (Å²) in [6.07, 6.45) is 0. The predicted octanol–water partition coefficient (Wildman–Crippen LogP) is 6.38. The minimum absolute atomic E-state index is 0.0835. The molecule has 0 spiro atoms. The third-order valence-electron chi connectivity index (χ3n) is 3.10. The zero-order valence-electron chi connectivity index (χ0n) is 11.0. The van der Waals surface area contributed by atoms with E-state index >= 15 is 0 Å². The first kappa shape index (κ1) is 15.6. The lowest BCUT2D eigenvalue weighted by Gasteiger charge is -2.18. The molecule has 2 aromatic carbocycles. The first-order valence-electron chi connectivity index (χ1n) is 6.06. The molecule has 0 fully saturated rings. The fraction of sp³-hybridized carbons (Fsp3) is 0.200. The van der Waals surface area contributed by atoms with Crippen LogP contribution in [0.2, 0.25) is 10.0 Å². The molecule has 1 nitrogen and oxygen atoms in total. The Labute approximate surface area is 136 Å². The molecule has 0 saturated heterocycles. The molecule has 5 heteroatoms. The molecular weight excluding hydrogens is 364 g/mol. The summed E-state index contributed by atoms with van der Waals surface area (Å²) < 4.78 is 14.3. The third kappa shape index (κ3) is 3.27. The number of aryl methyl sites for hydroxylation is 1. The van der Waals surface area contributed by atoms with Crippen LogP contribution in [-0.2, 0) is 0 Å². The van der Waals surface area contributed by atoms with Crippen LogP contribution >= 0.6 is 39.1 Å². The average Bonchev–Trinajstić information content (AvgIpc) is 2.42. The molecular formula is C15H13BrCl2FN.